The third-order valence-electron chi connectivity index (χ3n) is 0.991. The zero-order valence-corrected chi connectivity index (χ0v) is 5.01. The van der Waals surface area contributed by atoms with Crippen molar-refractivity contribution in [2.45, 2.75) is 6.43 Å². The number of halogens is 2. The van der Waals surface area contributed by atoms with Crippen LogP contribution in [0.5, 0.6) is 0 Å². The maximum absolute atomic E-state index is 11.8. The van der Waals surface area contributed by atoms with E-state index >= 15 is 0 Å². The summed E-state index contributed by atoms with van der Waals surface area (Å²) in [6.07, 6.45) is -1.46. The van der Waals surface area contributed by atoms with Crippen molar-refractivity contribution < 1.29 is 8.78 Å². The van der Waals surface area contributed by atoms with Crippen molar-refractivity contribution >= 4 is 5.82 Å². The Hall–Kier alpha value is -1.19. The normalized spacial score (nSPS) is 10.3. The number of anilines is 1. The first-order valence-electron chi connectivity index (χ1n) is 2.61. The van der Waals surface area contributed by atoms with Gasteiger partial charge in [-0.2, -0.15) is 0 Å². The second-order valence-corrected chi connectivity index (χ2v) is 1.73. The van der Waals surface area contributed by atoms with E-state index in [0.717, 1.165) is 12.3 Å². The lowest BCUT2D eigenvalue weighted by Gasteiger charge is -1.96. The predicted octanol–water partition coefficient (Wildman–Crippen LogP) is 1.40. The molecule has 53 valence electrons. The molecule has 0 unspecified atom stereocenters. The molecule has 1 heterocycles. The van der Waals surface area contributed by atoms with Crippen LogP contribution in [0.3, 0.4) is 0 Å². The molecular formula is C6H5F2N2. The number of hydrogen-bond acceptors (Lipinski definition) is 2. The van der Waals surface area contributed by atoms with E-state index in [9.17, 15) is 8.78 Å². The summed E-state index contributed by atoms with van der Waals surface area (Å²) < 4.78 is 23.6. The SMILES string of the molecule is Nc1[c]cc(C(F)F)cn1. The summed E-state index contributed by atoms with van der Waals surface area (Å²) in [4.78, 5) is 3.44. The van der Waals surface area contributed by atoms with Gasteiger partial charge in [0.2, 0.25) is 0 Å². The largest absolute Gasteiger partial charge is 0.383 e. The zero-order chi connectivity index (χ0) is 7.56. The van der Waals surface area contributed by atoms with Gasteiger partial charge in [0.05, 0.1) is 0 Å². The number of pyridine rings is 1. The summed E-state index contributed by atoms with van der Waals surface area (Å²) in [6, 6.07) is 3.50. The van der Waals surface area contributed by atoms with E-state index in [1.807, 2.05) is 0 Å². The summed E-state index contributed by atoms with van der Waals surface area (Å²) in [5.41, 5.74) is 4.96. The van der Waals surface area contributed by atoms with Crippen molar-refractivity contribution in [2.24, 2.45) is 0 Å². The average molecular weight is 143 g/mol. The van der Waals surface area contributed by atoms with E-state index < -0.39 is 6.43 Å². The van der Waals surface area contributed by atoms with Crippen LogP contribution >= 0.6 is 0 Å². The second-order valence-electron chi connectivity index (χ2n) is 1.73. The fourth-order valence-corrected chi connectivity index (χ4v) is 0.495. The number of hydrogen-bond donors (Lipinski definition) is 1. The van der Waals surface area contributed by atoms with E-state index in [2.05, 4.69) is 11.1 Å². The highest BCUT2D eigenvalue weighted by Gasteiger charge is 2.05. The molecule has 0 amide bonds. The van der Waals surface area contributed by atoms with Crippen LogP contribution in [0.2, 0.25) is 0 Å². The topological polar surface area (TPSA) is 38.9 Å². The van der Waals surface area contributed by atoms with Gasteiger partial charge in [-0.3, -0.25) is 0 Å². The molecule has 2 N–H and O–H groups in total. The standard InChI is InChI=1S/C6H5F2N2/c7-6(8)4-1-2-5(9)10-3-4/h1,3,6H,(H2,9,10). The molecule has 2 nitrogen and oxygen atoms in total. The molecule has 0 bridgehead atoms. The average Bonchev–Trinajstić information content (AvgIpc) is 1.88. The van der Waals surface area contributed by atoms with Crippen LogP contribution in [-0.2, 0) is 0 Å². The fraction of sp³-hybridized carbons (Fsp3) is 0.167. The van der Waals surface area contributed by atoms with Crippen LogP contribution in [0, 0.1) is 6.07 Å². The van der Waals surface area contributed by atoms with E-state index in [4.69, 9.17) is 5.73 Å². The molecule has 0 saturated heterocycles. The molecule has 0 aliphatic carbocycles. The number of nitrogens with two attached hydrogens (primary N) is 1. The van der Waals surface area contributed by atoms with Crippen molar-refractivity contribution in [1.29, 1.82) is 0 Å². The monoisotopic (exact) mass is 143 g/mol. The third-order valence-corrected chi connectivity index (χ3v) is 0.991. The zero-order valence-electron chi connectivity index (χ0n) is 5.01. The van der Waals surface area contributed by atoms with Crippen LogP contribution < -0.4 is 5.73 Å². The molecule has 10 heavy (non-hydrogen) atoms. The molecule has 0 aromatic carbocycles. The van der Waals surface area contributed by atoms with Gasteiger partial charge in [0.1, 0.15) is 5.82 Å². The van der Waals surface area contributed by atoms with Crippen LogP contribution in [-0.4, -0.2) is 4.98 Å². The highest BCUT2D eigenvalue weighted by molar-refractivity contribution is 5.27. The highest BCUT2D eigenvalue weighted by Crippen LogP contribution is 2.16. The predicted molar refractivity (Wildman–Crippen MR) is 32.4 cm³/mol. The minimum Gasteiger partial charge on any atom is -0.383 e. The Bertz CT molecular complexity index is 207. The molecule has 0 spiro atoms. The smallest absolute Gasteiger partial charge is 0.265 e. The Morgan fingerprint density at radius 3 is 2.70 bits per heavy atom. The molecule has 1 aromatic heterocycles. The quantitative estimate of drug-likeness (QED) is 0.645. The van der Waals surface area contributed by atoms with E-state index in [1.165, 1.54) is 0 Å². The van der Waals surface area contributed by atoms with Crippen LogP contribution in [0.4, 0.5) is 14.6 Å². The fourth-order valence-electron chi connectivity index (χ4n) is 0.495. The summed E-state index contributed by atoms with van der Waals surface area (Å²) in [6.45, 7) is 0. The Morgan fingerprint density at radius 1 is 1.60 bits per heavy atom. The maximum atomic E-state index is 11.8. The summed E-state index contributed by atoms with van der Waals surface area (Å²) in [7, 11) is 0. The van der Waals surface area contributed by atoms with E-state index in [-0.39, 0.29) is 11.4 Å². The Labute approximate surface area is 56.7 Å². The Kier molecular flexibility index (Phi) is 1.80. The molecule has 4 heteroatoms. The summed E-state index contributed by atoms with van der Waals surface area (Å²) >= 11 is 0. The lowest BCUT2D eigenvalue weighted by atomic mass is 10.3. The van der Waals surface area contributed by atoms with Crippen LogP contribution in [0.15, 0.2) is 12.3 Å². The lowest BCUT2D eigenvalue weighted by Crippen LogP contribution is -1.91. The molecule has 0 aliphatic rings. The van der Waals surface area contributed by atoms with Crippen LogP contribution in [0.1, 0.15) is 12.0 Å². The van der Waals surface area contributed by atoms with Gasteiger partial charge in [-0.05, 0) is 6.07 Å². The van der Waals surface area contributed by atoms with Crippen molar-refractivity contribution in [3.8, 4) is 0 Å². The molecule has 1 aromatic rings. The van der Waals surface area contributed by atoms with Crippen molar-refractivity contribution in [3.63, 3.8) is 0 Å². The number of nitrogens with zero attached hydrogens (tertiary/aromatic N) is 1. The van der Waals surface area contributed by atoms with Gasteiger partial charge in [-0.1, -0.05) is 0 Å². The van der Waals surface area contributed by atoms with Gasteiger partial charge in [0, 0.05) is 17.8 Å². The van der Waals surface area contributed by atoms with Crippen molar-refractivity contribution in [1.82, 2.24) is 4.98 Å². The van der Waals surface area contributed by atoms with Crippen molar-refractivity contribution in [2.75, 3.05) is 5.73 Å². The number of rotatable bonds is 1. The highest BCUT2D eigenvalue weighted by atomic mass is 19.3. The summed E-state index contributed by atoms with van der Waals surface area (Å²) in [5, 5.41) is 0. The minimum absolute atomic E-state index is 0.129. The first kappa shape index (κ1) is 6.92. The first-order chi connectivity index (χ1) is 4.70. The van der Waals surface area contributed by atoms with Gasteiger partial charge in [-0.25, -0.2) is 13.8 Å². The van der Waals surface area contributed by atoms with E-state index in [1.54, 1.807) is 0 Å². The molecule has 0 fully saturated rings. The van der Waals surface area contributed by atoms with Gasteiger partial charge >= 0.3 is 0 Å². The molecule has 1 radical (unpaired) electrons. The molecule has 0 atom stereocenters. The maximum Gasteiger partial charge on any atom is 0.265 e. The number of nitrogen functional groups attached to an aromatic ring is 1. The minimum atomic E-state index is -2.50. The van der Waals surface area contributed by atoms with Crippen molar-refractivity contribution in [3.05, 3.63) is 23.9 Å². The molecule has 0 saturated carbocycles. The molecular weight excluding hydrogens is 138 g/mol. The van der Waals surface area contributed by atoms with Gasteiger partial charge in [-0.15, -0.1) is 0 Å². The molecule has 1 rings (SSSR count). The van der Waals surface area contributed by atoms with E-state index in [0.29, 0.717) is 0 Å². The molecule has 0 aliphatic heterocycles. The summed E-state index contributed by atoms with van der Waals surface area (Å²) in [5.74, 6) is 0.129. The Balaban J connectivity index is 2.89. The van der Waals surface area contributed by atoms with Gasteiger partial charge < -0.3 is 5.73 Å². The van der Waals surface area contributed by atoms with Gasteiger partial charge in [0.15, 0.2) is 0 Å². The van der Waals surface area contributed by atoms with Gasteiger partial charge in [0.25, 0.3) is 6.43 Å². The van der Waals surface area contributed by atoms with Crippen LogP contribution in [0.25, 0.3) is 0 Å². The number of aromatic nitrogens is 1. The lowest BCUT2D eigenvalue weighted by molar-refractivity contribution is 0.151. The second kappa shape index (κ2) is 2.60. The number of alkyl halides is 2. The Morgan fingerprint density at radius 2 is 2.30 bits per heavy atom. The third kappa shape index (κ3) is 1.40. The first-order valence-corrected chi connectivity index (χ1v) is 2.61.